The first-order chi connectivity index (χ1) is 19.7. The fourth-order valence-corrected chi connectivity index (χ4v) is 7.52. The maximum Gasteiger partial charge on any atom is 0.311 e. The van der Waals surface area contributed by atoms with Crippen LogP contribution < -0.4 is 4.74 Å². The van der Waals surface area contributed by atoms with Crippen molar-refractivity contribution in [1.29, 1.82) is 0 Å². The van der Waals surface area contributed by atoms with Crippen LogP contribution in [-0.4, -0.2) is 53.6 Å². The molecule has 42 heavy (non-hydrogen) atoms. The average molecular weight is 632 g/mol. The topological polar surface area (TPSA) is 81.6 Å². The quantitative estimate of drug-likeness (QED) is 0.238. The summed E-state index contributed by atoms with van der Waals surface area (Å²) >= 11 is 9.80. The van der Waals surface area contributed by atoms with Gasteiger partial charge in [0, 0.05) is 46.8 Å². The maximum absolute atomic E-state index is 13.0. The SMILES string of the molecule is CCOC(=O)Cc1cnc(CC(=O)N2CCC(c3nc(-c4cc(C(C)(C)C)c(OC)c(C(C)(C)C)c4)c(Cl)s3)CC2)s1. The number of hydrogen-bond acceptors (Lipinski definition) is 8. The van der Waals surface area contributed by atoms with Crippen LogP contribution in [0.4, 0.5) is 0 Å². The van der Waals surface area contributed by atoms with E-state index in [0.717, 1.165) is 55.9 Å². The van der Waals surface area contributed by atoms with E-state index >= 15 is 0 Å². The van der Waals surface area contributed by atoms with Crippen molar-refractivity contribution in [2.45, 2.75) is 90.9 Å². The van der Waals surface area contributed by atoms with Crippen molar-refractivity contribution in [2.75, 3.05) is 26.8 Å². The first kappa shape index (κ1) is 32.4. The number of carbonyl (C=O) groups excluding carboxylic acids is 2. The number of esters is 1. The van der Waals surface area contributed by atoms with E-state index in [1.165, 1.54) is 11.3 Å². The molecule has 7 nitrogen and oxygen atoms in total. The molecule has 0 spiro atoms. The van der Waals surface area contributed by atoms with E-state index in [9.17, 15) is 9.59 Å². The van der Waals surface area contributed by atoms with Gasteiger partial charge < -0.3 is 14.4 Å². The van der Waals surface area contributed by atoms with E-state index in [4.69, 9.17) is 26.1 Å². The molecule has 228 valence electrons. The van der Waals surface area contributed by atoms with E-state index in [2.05, 4.69) is 58.7 Å². The second kappa shape index (κ2) is 13.0. The zero-order valence-electron chi connectivity index (χ0n) is 25.9. The number of benzene rings is 1. The largest absolute Gasteiger partial charge is 0.496 e. The lowest BCUT2D eigenvalue weighted by Gasteiger charge is -2.31. The molecule has 0 unspecified atom stereocenters. The second-order valence-electron chi connectivity index (χ2n) is 12.8. The Balaban J connectivity index is 1.46. The number of carbonyl (C=O) groups is 2. The summed E-state index contributed by atoms with van der Waals surface area (Å²) in [5, 5.41) is 1.75. The van der Waals surface area contributed by atoms with E-state index < -0.39 is 0 Å². The van der Waals surface area contributed by atoms with Gasteiger partial charge in [0.25, 0.3) is 0 Å². The average Bonchev–Trinajstić information content (AvgIpc) is 3.52. The lowest BCUT2D eigenvalue weighted by molar-refractivity contribution is -0.142. The zero-order valence-corrected chi connectivity index (χ0v) is 28.3. The van der Waals surface area contributed by atoms with Crippen LogP contribution in [0.15, 0.2) is 18.3 Å². The van der Waals surface area contributed by atoms with Gasteiger partial charge in [0.1, 0.15) is 20.8 Å². The molecule has 1 aromatic carbocycles. The number of methoxy groups -OCH3 is 1. The number of ether oxygens (including phenoxy) is 2. The van der Waals surface area contributed by atoms with E-state index in [-0.39, 0.29) is 41.5 Å². The van der Waals surface area contributed by atoms with E-state index in [0.29, 0.717) is 24.0 Å². The molecule has 1 saturated heterocycles. The molecule has 1 fully saturated rings. The molecule has 0 N–H and O–H groups in total. The number of thiazole rings is 2. The molecule has 0 saturated carbocycles. The number of aromatic nitrogens is 2. The summed E-state index contributed by atoms with van der Waals surface area (Å²) in [6, 6.07) is 4.35. The third-order valence-corrected chi connectivity index (χ3v) is 9.92. The van der Waals surface area contributed by atoms with Crippen molar-refractivity contribution < 1.29 is 19.1 Å². The van der Waals surface area contributed by atoms with Gasteiger partial charge in [-0.05, 0) is 42.7 Å². The molecular formula is C32H42ClN3O4S2. The minimum Gasteiger partial charge on any atom is -0.496 e. The number of amides is 1. The van der Waals surface area contributed by atoms with Crippen molar-refractivity contribution in [3.05, 3.63) is 48.7 Å². The van der Waals surface area contributed by atoms with Crippen molar-refractivity contribution in [2.24, 2.45) is 0 Å². The fraction of sp³-hybridized carbons (Fsp3) is 0.562. The van der Waals surface area contributed by atoms with Crippen LogP contribution in [0, 0.1) is 0 Å². The smallest absolute Gasteiger partial charge is 0.311 e. The fourth-order valence-electron chi connectivity index (χ4n) is 5.25. The lowest BCUT2D eigenvalue weighted by Crippen LogP contribution is -2.38. The van der Waals surface area contributed by atoms with Crippen LogP contribution in [0.1, 0.15) is 93.2 Å². The van der Waals surface area contributed by atoms with Crippen LogP contribution in [0.3, 0.4) is 0 Å². The molecule has 1 aliphatic rings. The number of likely N-dealkylation sites (tertiary alicyclic amines) is 1. The third-order valence-electron chi connectivity index (χ3n) is 7.51. The van der Waals surface area contributed by atoms with Gasteiger partial charge in [0.05, 0.1) is 31.6 Å². The highest BCUT2D eigenvalue weighted by molar-refractivity contribution is 7.16. The summed E-state index contributed by atoms with van der Waals surface area (Å²) in [4.78, 5) is 36.9. The summed E-state index contributed by atoms with van der Waals surface area (Å²) in [6.07, 6.45) is 3.77. The Bertz CT molecular complexity index is 1390. The maximum atomic E-state index is 13.0. The third kappa shape index (κ3) is 7.53. The molecule has 0 radical (unpaired) electrons. The summed E-state index contributed by atoms with van der Waals surface area (Å²) in [5.74, 6) is 0.966. The molecule has 1 amide bonds. The van der Waals surface area contributed by atoms with Gasteiger partial charge in [-0.1, -0.05) is 53.1 Å². The Morgan fingerprint density at radius 3 is 2.19 bits per heavy atom. The lowest BCUT2D eigenvalue weighted by atomic mass is 9.78. The Kier molecular flexibility index (Phi) is 10.1. The second-order valence-corrected chi connectivity index (χ2v) is 15.6. The summed E-state index contributed by atoms with van der Waals surface area (Å²) < 4.78 is 11.6. The van der Waals surface area contributed by atoms with Crippen molar-refractivity contribution in [1.82, 2.24) is 14.9 Å². The summed E-state index contributed by atoms with van der Waals surface area (Å²) in [5.41, 5.74) is 3.87. The molecule has 2 aromatic heterocycles. The number of halogens is 1. The standard InChI is InChI=1S/C32H42ClN3O4S2/c1-9-40-26(38)16-21-18-34-24(41-21)17-25(37)36-12-10-19(11-13-36)30-35-27(29(33)42-30)20-14-22(31(2,3)4)28(39-8)23(15-20)32(5,6)7/h14-15,18-19H,9-13,16-17H2,1-8H3. The molecule has 0 aliphatic carbocycles. The van der Waals surface area contributed by atoms with Gasteiger partial charge >= 0.3 is 5.97 Å². The van der Waals surface area contributed by atoms with Gasteiger partial charge in [-0.15, -0.1) is 22.7 Å². The van der Waals surface area contributed by atoms with E-state index in [1.807, 2.05) is 4.90 Å². The monoisotopic (exact) mass is 631 g/mol. The van der Waals surface area contributed by atoms with Crippen LogP contribution in [-0.2, 0) is 38.0 Å². The Labute approximate surface area is 262 Å². The Hall–Kier alpha value is -2.49. The van der Waals surface area contributed by atoms with Crippen LogP contribution in [0.2, 0.25) is 4.34 Å². The number of hydrogen-bond donors (Lipinski definition) is 0. The van der Waals surface area contributed by atoms with E-state index in [1.54, 1.807) is 31.6 Å². The highest BCUT2D eigenvalue weighted by atomic mass is 35.5. The van der Waals surface area contributed by atoms with Gasteiger partial charge in [-0.25, -0.2) is 9.97 Å². The zero-order chi connectivity index (χ0) is 30.8. The molecule has 4 rings (SSSR count). The van der Waals surface area contributed by atoms with Crippen molar-refractivity contribution in [3.63, 3.8) is 0 Å². The Morgan fingerprint density at radius 1 is 1.02 bits per heavy atom. The summed E-state index contributed by atoms with van der Waals surface area (Å²) in [6.45, 7) is 16.6. The summed E-state index contributed by atoms with van der Waals surface area (Å²) in [7, 11) is 1.74. The molecular weight excluding hydrogens is 590 g/mol. The van der Waals surface area contributed by atoms with Crippen molar-refractivity contribution >= 4 is 46.2 Å². The van der Waals surface area contributed by atoms with Crippen LogP contribution in [0.25, 0.3) is 11.3 Å². The molecule has 1 aliphatic heterocycles. The minimum absolute atomic E-state index is 0.0611. The van der Waals surface area contributed by atoms with Crippen LogP contribution >= 0.6 is 34.3 Å². The first-order valence-electron chi connectivity index (χ1n) is 14.5. The van der Waals surface area contributed by atoms with Crippen LogP contribution in [0.5, 0.6) is 5.75 Å². The number of rotatable bonds is 8. The predicted molar refractivity (Wildman–Crippen MR) is 171 cm³/mol. The predicted octanol–water partition coefficient (Wildman–Crippen LogP) is 7.58. The highest BCUT2D eigenvalue weighted by Crippen LogP contribution is 2.45. The molecule has 0 bridgehead atoms. The molecule has 0 atom stereocenters. The van der Waals surface area contributed by atoms with Gasteiger partial charge in [-0.2, -0.15) is 0 Å². The number of nitrogens with zero attached hydrogens (tertiary/aromatic N) is 3. The molecule has 3 heterocycles. The normalized spacial score (nSPS) is 14.7. The minimum atomic E-state index is -0.275. The van der Waals surface area contributed by atoms with Gasteiger partial charge in [0.15, 0.2) is 0 Å². The molecule has 3 aromatic rings. The number of piperidine rings is 1. The van der Waals surface area contributed by atoms with Crippen molar-refractivity contribution in [3.8, 4) is 17.0 Å². The molecule has 10 heteroatoms. The highest BCUT2D eigenvalue weighted by Gasteiger charge is 2.31. The first-order valence-corrected chi connectivity index (χ1v) is 16.5. The Morgan fingerprint density at radius 2 is 1.64 bits per heavy atom. The van der Waals surface area contributed by atoms with Gasteiger partial charge in [0.2, 0.25) is 5.91 Å². The van der Waals surface area contributed by atoms with Gasteiger partial charge in [-0.3, -0.25) is 9.59 Å².